The molecule has 3 aromatic rings. The number of esters is 1. The van der Waals surface area contributed by atoms with Crippen molar-refractivity contribution in [3.05, 3.63) is 56.9 Å². The molecule has 34 heavy (non-hydrogen) atoms. The summed E-state index contributed by atoms with van der Waals surface area (Å²) in [6.07, 6.45) is 2.70. The summed E-state index contributed by atoms with van der Waals surface area (Å²) in [5, 5.41) is 12.1. The molecule has 0 spiro atoms. The lowest BCUT2D eigenvalue weighted by Crippen LogP contribution is -2.44. The molecule has 0 unspecified atom stereocenters. The summed E-state index contributed by atoms with van der Waals surface area (Å²) in [4.78, 5) is 30.7. The number of aliphatic hydroxyl groups is 1. The second kappa shape index (κ2) is 8.52. The van der Waals surface area contributed by atoms with Gasteiger partial charge >= 0.3 is 5.97 Å². The average Bonchev–Trinajstić information content (AvgIpc) is 3.21. The Morgan fingerprint density at radius 3 is 2.76 bits per heavy atom. The van der Waals surface area contributed by atoms with Crippen LogP contribution in [-0.2, 0) is 34.7 Å². The van der Waals surface area contributed by atoms with Crippen molar-refractivity contribution >= 4 is 16.9 Å². The van der Waals surface area contributed by atoms with Crippen LogP contribution in [0.3, 0.4) is 0 Å². The van der Waals surface area contributed by atoms with Crippen LogP contribution < -0.4 is 16.0 Å². The number of nitrogens with two attached hydrogens (primary N) is 1. The van der Waals surface area contributed by atoms with Crippen LogP contribution in [0.25, 0.3) is 22.3 Å². The number of ether oxygens (including phenoxy) is 2. The molecule has 2 aromatic heterocycles. The Hall–Kier alpha value is -3.23. The minimum absolute atomic E-state index is 0.119. The number of unbranched alkanes of at least 4 members (excludes halogenated alkanes) is 1. The molecule has 0 radical (unpaired) electrons. The van der Waals surface area contributed by atoms with Gasteiger partial charge in [0, 0.05) is 16.5 Å². The highest BCUT2D eigenvalue weighted by Gasteiger charge is 2.45. The van der Waals surface area contributed by atoms with Gasteiger partial charge in [-0.15, -0.1) is 0 Å². The van der Waals surface area contributed by atoms with Gasteiger partial charge in [-0.3, -0.25) is 4.79 Å². The number of fused-ring (bicyclic) bond motifs is 5. The van der Waals surface area contributed by atoms with Crippen LogP contribution in [0.4, 0.5) is 0 Å². The van der Waals surface area contributed by atoms with E-state index in [9.17, 15) is 14.7 Å². The number of nitrogens with zero attached hydrogens (tertiary/aromatic N) is 2. The van der Waals surface area contributed by atoms with Crippen molar-refractivity contribution in [3.63, 3.8) is 0 Å². The zero-order valence-corrected chi connectivity index (χ0v) is 19.5. The van der Waals surface area contributed by atoms with E-state index in [0.717, 1.165) is 52.7 Å². The molecule has 0 saturated heterocycles. The lowest BCUT2D eigenvalue weighted by atomic mass is 9.86. The quantitative estimate of drug-likeness (QED) is 0.320. The number of pyridine rings is 2. The predicted molar refractivity (Wildman–Crippen MR) is 128 cm³/mol. The first kappa shape index (κ1) is 22.6. The van der Waals surface area contributed by atoms with Crippen LogP contribution in [0.15, 0.2) is 29.1 Å². The third kappa shape index (κ3) is 3.32. The van der Waals surface area contributed by atoms with E-state index in [0.29, 0.717) is 36.5 Å². The van der Waals surface area contributed by atoms with Gasteiger partial charge < -0.3 is 24.9 Å². The molecule has 0 fully saturated rings. The molecule has 4 heterocycles. The van der Waals surface area contributed by atoms with Crippen molar-refractivity contribution < 1.29 is 19.4 Å². The number of hydrogen-bond donors (Lipinski definition) is 2. The highest BCUT2D eigenvalue weighted by atomic mass is 16.6. The summed E-state index contributed by atoms with van der Waals surface area (Å²) in [5.74, 6) is 0.0672. The maximum Gasteiger partial charge on any atom is 0.343 e. The number of benzene rings is 1. The third-order valence-corrected chi connectivity index (χ3v) is 7.00. The summed E-state index contributed by atoms with van der Waals surface area (Å²) in [7, 11) is 0. The molecule has 1 atom stereocenters. The molecule has 3 N–H and O–H groups in total. The summed E-state index contributed by atoms with van der Waals surface area (Å²) < 4.78 is 12.7. The maximum atomic E-state index is 13.4. The Kier molecular flexibility index (Phi) is 5.65. The number of carbonyl (C=O) groups excluding carboxylic acids is 1. The maximum absolute atomic E-state index is 13.4. The number of rotatable bonds is 7. The minimum Gasteiger partial charge on any atom is -0.494 e. The molecular weight excluding hydrogens is 434 g/mol. The molecule has 2 aliphatic rings. The number of aromatic nitrogens is 2. The van der Waals surface area contributed by atoms with Gasteiger partial charge in [-0.25, -0.2) is 9.78 Å². The van der Waals surface area contributed by atoms with Crippen LogP contribution in [0.2, 0.25) is 0 Å². The largest absolute Gasteiger partial charge is 0.494 e. The lowest BCUT2D eigenvalue weighted by Gasteiger charge is -2.31. The van der Waals surface area contributed by atoms with E-state index >= 15 is 0 Å². The molecule has 1 aromatic carbocycles. The topological polar surface area (TPSA) is 117 Å². The monoisotopic (exact) mass is 463 g/mol. The zero-order valence-electron chi connectivity index (χ0n) is 19.5. The van der Waals surface area contributed by atoms with E-state index in [1.165, 1.54) is 0 Å². The fourth-order valence-corrected chi connectivity index (χ4v) is 5.07. The molecule has 0 saturated carbocycles. The normalized spacial score (nSPS) is 18.4. The first-order valence-electron chi connectivity index (χ1n) is 11.9. The van der Waals surface area contributed by atoms with Crippen molar-refractivity contribution in [1.29, 1.82) is 0 Å². The van der Waals surface area contributed by atoms with Crippen LogP contribution in [0, 0.1) is 0 Å². The lowest BCUT2D eigenvalue weighted by molar-refractivity contribution is -0.172. The fraction of sp³-hybridized carbons (Fsp3) is 0.423. The molecule has 8 heteroatoms. The van der Waals surface area contributed by atoms with Crippen molar-refractivity contribution in [2.24, 2.45) is 5.73 Å². The second-order valence-corrected chi connectivity index (χ2v) is 8.90. The van der Waals surface area contributed by atoms with Gasteiger partial charge in [0.2, 0.25) is 0 Å². The van der Waals surface area contributed by atoms with Gasteiger partial charge in [0.05, 0.1) is 35.6 Å². The molecule has 0 bridgehead atoms. The van der Waals surface area contributed by atoms with E-state index in [-0.39, 0.29) is 18.6 Å². The minimum atomic E-state index is -1.83. The van der Waals surface area contributed by atoms with Gasteiger partial charge in [0.15, 0.2) is 5.60 Å². The molecular formula is C26H29N3O5. The van der Waals surface area contributed by atoms with Crippen LogP contribution >= 0.6 is 0 Å². The standard InChI is InChI=1S/C26H29N3O5/c1-3-16-17-11-15(33-10-6-5-9-27)7-8-21(17)28-23-18(16)13-29-22(23)12-20-19(24(29)30)14-34-25(31)26(20,32)4-2/h7-8,11-12,32H,3-6,9-10,13-14,27H2,1-2H3/t26-/m0/s1. The first-order chi connectivity index (χ1) is 16.4. The third-order valence-electron chi connectivity index (χ3n) is 7.00. The van der Waals surface area contributed by atoms with Crippen LogP contribution in [-0.4, -0.2) is 33.8 Å². The number of aryl methyl sites for hydroxylation is 1. The Bertz CT molecular complexity index is 1360. The van der Waals surface area contributed by atoms with Crippen molar-refractivity contribution in [3.8, 4) is 17.1 Å². The number of carbonyl (C=O) groups is 1. The summed E-state index contributed by atoms with van der Waals surface area (Å²) in [6, 6.07) is 7.61. The van der Waals surface area contributed by atoms with E-state index in [4.69, 9.17) is 20.2 Å². The highest BCUT2D eigenvalue weighted by molar-refractivity contribution is 5.90. The van der Waals surface area contributed by atoms with Crippen LogP contribution in [0.5, 0.6) is 5.75 Å². The van der Waals surface area contributed by atoms with Crippen LogP contribution in [0.1, 0.15) is 55.4 Å². The molecule has 0 amide bonds. The molecule has 178 valence electrons. The first-order valence-corrected chi connectivity index (χ1v) is 11.9. The van der Waals surface area contributed by atoms with Gasteiger partial charge in [-0.05, 0) is 62.1 Å². The molecule has 0 aliphatic carbocycles. The summed E-state index contributed by atoms with van der Waals surface area (Å²) in [5.41, 5.74) is 8.41. The zero-order chi connectivity index (χ0) is 24.0. The van der Waals surface area contributed by atoms with Gasteiger partial charge in [-0.1, -0.05) is 13.8 Å². The highest BCUT2D eigenvalue weighted by Crippen LogP contribution is 2.40. The Morgan fingerprint density at radius 1 is 1.21 bits per heavy atom. The smallest absolute Gasteiger partial charge is 0.343 e. The Morgan fingerprint density at radius 2 is 2.03 bits per heavy atom. The second-order valence-electron chi connectivity index (χ2n) is 8.90. The van der Waals surface area contributed by atoms with Crippen molar-refractivity contribution in [2.45, 2.75) is 58.3 Å². The Labute approximate surface area is 197 Å². The predicted octanol–water partition coefficient (Wildman–Crippen LogP) is 2.76. The van der Waals surface area contributed by atoms with Crippen molar-refractivity contribution in [1.82, 2.24) is 9.55 Å². The van der Waals surface area contributed by atoms with Gasteiger partial charge in [0.1, 0.15) is 12.4 Å². The van der Waals surface area contributed by atoms with E-state index in [2.05, 4.69) is 6.92 Å². The molecule has 8 nitrogen and oxygen atoms in total. The van der Waals surface area contributed by atoms with E-state index < -0.39 is 11.6 Å². The SMILES string of the molecule is CCc1c2c(nc3ccc(OCCCCN)cc13)-c1cc3c(c(=O)n1C2)COC(=O)[C@]3(O)CC. The average molecular weight is 464 g/mol. The number of hydrogen-bond acceptors (Lipinski definition) is 7. The van der Waals surface area contributed by atoms with Gasteiger partial charge in [-0.2, -0.15) is 0 Å². The molecule has 2 aliphatic heterocycles. The van der Waals surface area contributed by atoms with E-state index in [1.807, 2.05) is 18.2 Å². The Balaban J connectivity index is 1.64. The summed E-state index contributed by atoms with van der Waals surface area (Å²) >= 11 is 0. The number of cyclic esters (lactones) is 1. The van der Waals surface area contributed by atoms with Crippen molar-refractivity contribution in [2.75, 3.05) is 13.2 Å². The van der Waals surface area contributed by atoms with Gasteiger partial charge in [0.25, 0.3) is 5.56 Å². The fourth-order valence-electron chi connectivity index (χ4n) is 5.07. The van der Waals surface area contributed by atoms with E-state index in [1.54, 1.807) is 17.6 Å². The summed E-state index contributed by atoms with van der Waals surface area (Å²) in [6.45, 7) is 5.30. The molecule has 5 rings (SSSR count).